The van der Waals surface area contributed by atoms with Gasteiger partial charge in [0, 0.05) is 6.04 Å². The van der Waals surface area contributed by atoms with Crippen LogP contribution in [0, 0.1) is 11.6 Å². The van der Waals surface area contributed by atoms with Crippen molar-refractivity contribution in [2.45, 2.75) is 41.9 Å². The molecule has 2 rings (SSSR count). The third-order valence-corrected chi connectivity index (χ3v) is 7.69. The molecule has 2 aromatic carbocycles. The fraction of sp³-hybridized carbons (Fsp3) is 0.368. The molecule has 5 nitrogen and oxygen atoms in total. The number of nitrogens with one attached hydrogen (secondary N) is 1. The van der Waals surface area contributed by atoms with Crippen LogP contribution in [0.2, 0.25) is 0 Å². The molecule has 0 fully saturated rings. The largest absolute Gasteiger partial charge is 0.511 e. The average molecular weight is 539 g/mol. The highest BCUT2D eigenvalue weighted by Crippen LogP contribution is 2.30. The van der Waals surface area contributed by atoms with Crippen molar-refractivity contribution < 1.29 is 52.0 Å². The highest BCUT2D eigenvalue weighted by molar-refractivity contribution is 7.91. The maximum atomic E-state index is 13.8. The first kappa shape index (κ1) is 28.0. The summed E-state index contributed by atoms with van der Waals surface area (Å²) >= 11 is 0. The highest BCUT2D eigenvalue weighted by atomic mass is 32.2. The monoisotopic (exact) mass is 539 g/mol. The first-order valence-corrected chi connectivity index (χ1v) is 12.5. The van der Waals surface area contributed by atoms with Gasteiger partial charge < -0.3 is 0 Å². The molecule has 0 aromatic heterocycles. The van der Waals surface area contributed by atoms with E-state index >= 15 is 0 Å². The molecule has 0 heterocycles. The van der Waals surface area contributed by atoms with Gasteiger partial charge in [0.25, 0.3) is 0 Å². The summed E-state index contributed by atoms with van der Waals surface area (Å²) in [4.78, 5) is -0.561. The summed E-state index contributed by atoms with van der Waals surface area (Å²) in [5, 5.41) is 0. The molecule has 0 aliphatic rings. The zero-order valence-electron chi connectivity index (χ0n) is 16.9. The molecule has 1 N–H and O–H groups in total. The second-order valence-electron chi connectivity index (χ2n) is 7.17. The van der Waals surface area contributed by atoms with Gasteiger partial charge in [0.15, 0.2) is 9.84 Å². The fourth-order valence-electron chi connectivity index (χ4n) is 2.88. The summed E-state index contributed by atoms with van der Waals surface area (Å²) in [6.45, 7) is 0. The van der Waals surface area contributed by atoms with Crippen LogP contribution in [-0.2, 0) is 32.5 Å². The van der Waals surface area contributed by atoms with Crippen molar-refractivity contribution in [1.29, 1.82) is 0 Å². The number of sulfonamides is 1. The lowest BCUT2D eigenvalue weighted by atomic mass is 10.0. The maximum absolute atomic E-state index is 13.8. The Hall–Kier alpha value is -2.26. The van der Waals surface area contributed by atoms with Crippen LogP contribution in [0.3, 0.4) is 0 Å². The molecule has 0 aliphatic carbocycles. The molecule has 0 amide bonds. The van der Waals surface area contributed by atoms with Crippen molar-refractivity contribution in [3.63, 3.8) is 0 Å². The fourth-order valence-corrected chi connectivity index (χ4v) is 5.07. The lowest BCUT2D eigenvalue weighted by Gasteiger charge is -2.20. The van der Waals surface area contributed by atoms with Crippen molar-refractivity contribution in [3.05, 3.63) is 65.2 Å². The van der Waals surface area contributed by atoms with Crippen LogP contribution in [0.15, 0.2) is 47.4 Å². The van der Waals surface area contributed by atoms with E-state index in [0.29, 0.717) is 24.3 Å². The zero-order valence-corrected chi connectivity index (χ0v) is 18.6. The van der Waals surface area contributed by atoms with Crippen LogP contribution in [0.1, 0.15) is 24.0 Å². The van der Waals surface area contributed by atoms with Gasteiger partial charge in [-0.2, -0.15) is 26.3 Å². The Bertz CT molecular complexity index is 1210. The number of rotatable bonds is 9. The van der Waals surface area contributed by atoms with E-state index in [4.69, 9.17) is 0 Å². The van der Waals surface area contributed by atoms with Crippen molar-refractivity contribution >= 4 is 19.9 Å². The van der Waals surface area contributed by atoms with Gasteiger partial charge in [-0.25, -0.2) is 30.3 Å². The van der Waals surface area contributed by atoms with E-state index in [0.717, 1.165) is 18.2 Å². The number of hydrogen-bond donors (Lipinski definition) is 1. The molecular formula is C19H17F8NO4S2. The minimum Gasteiger partial charge on any atom is -0.224 e. The molecule has 0 radical (unpaired) electrons. The van der Waals surface area contributed by atoms with Crippen molar-refractivity contribution in [2.75, 3.05) is 5.75 Å². The number of hydrogen-bond acceptors (Lipinski definition) is 4. The van der Waals surface area contributed by atoms with Gasteiger partial charge in [0.1, 0.15) is 11.6 Å². The first-order valence-electron chi connectivity index (χ1n) is 9.35. The molecule has 34 heavy (non-hydrogen) atoms. The molecule has 190 valence electrons. The molecule has 1 unspecified atom stereocenters. The predicted octanol–water partition coefficient (Wildman–Crippen LogP) is 4.59. The topological polar surface area (TPSA) is 80.3 Å². The summed E-state index contributed by atoms with van der Waals surface area (Å²) in [5.74, 6) is -2.69. The summed E-state index contributed by atoms with van der Waals surface area (Å²) < 4.78 is 153. The van der Waals surface area contributed by atoms with E-state index in [9.17, 15) is 52.0 Å². The molecule has 0 aliphatic heterocycles. The zero-order chi connectivity index (χ0) is 25.9. The Morgan fingerprint density at radius 3 is 1.94 bits per heavy atom. The van der Waals surface area contributed by atoms with Crippen molar-refractivity contribution in [2.24, 2.45) is 0 Å². The van der Waals surface area contributed by atoms with Crippen molar-refractivity contribution in [3.8, 4) is 0 Å². The van der Waals surface area contributed by atoms with Crippen molar-refractivity contribution in [1.82, 2.24) is 4.72 Å². The van der Waals surface area contributed by atoms with Gasteiger partial charge in [-0.1, -0.05) is 0 Å². The van der Waals surface area contributed by atoms with E-state index in [1.165, 1.54) is 4.72 Å². The number of sulfone groups is 1. The van der Waals surface area contributed by atoms with Gasteiger partial charge in [0.2, 0.25) is 0 Å². The van der Waals surface area contributed by atoms with Crippen LogP contribution >= 0.6 is 0 Å². The molecule has 15 heteroatoms. The Kier molecular flexibility index (Phi) is 8.36. The quantitative estimate of drug-likeness (QED) is 0.473. The molecule has 1 atom stereocenters. The Morgan fingerprint density at radius 2 is 1.41 bits per heavy atom. The normalized spacial score (nSPS) is 14.2. The van der Waals surface area contributed by atoms with Gasteiger partial charge in [-0.15, -0.1) is 0 Å². The highest BCUT2D eigenvalue weighted by Gasteiger charge is 2.46. The Morgan fingerprint density at radius 1 is 0.824 bits per heavy atom. The minimum atomic E-state index is -5.91. The van der Waals surface area contributed by atoms with Gasteiger partial charge >= 0.3 is 21.7 Å². The van der Waals surface area contributed by atoms with Crippen LogP contribution in [-0.4, -0.2) is 34.1 Å². The molecule has 0 bridgehead atoms. The second-order valence-corrected chi connectivity index (χ2v) is 11.0. The van der Waals surface area contributed by atoms with E-state index < -0.39 is 84.7 Å². The molecule has 0 saturated carbocycles. The summed E-state index contributed by atoms with van der Waals surface area (Å²) in [6.07, 6.45) is -6.42. The minimum absolute atomic E-state index is 0.276. The van der Waals surface area contributed by atoms with Crippen LogP contribution < -0.4 is 4.72 Å². The van der Waals surface area contributed by atoms with Crippen LogP contribution in [0.5, 0.6) is 0 Å². The van der Waals surface area contributed by atoms with Crippen LogP contribution in [0.4, 0.5) is 35.1 Å². The molecule has 0 saturated heterocycles. The number of benzene rings is 2. The molecular weight excluding hydrogens is 522 g/mol. The smallest absolute Gasteiger partial charge is 0.224 e. The lowest BCUT2D eigenvalue weighted by Crippen LogP contribution is -2.43. The standard InChI is InChI=1S/C19H17F8NO4S2/c20-14-4-8-17(21)12(11-14)1-5-15(28-34(31,32)19(25,26)27)9-10-33(29,30)16-6-2-13(3-7-16)18(22,23)24/h2-4,6-8,11,15,28H,1,5,9-10H2. The van der Waals surface area contributed by atoms with E-state index in [1.807, 2.05) is 0 Å². The first-order chi connectivity index (χ1) is 15.4. The lowest BCUT2D eigenvalue weighted by molar-refractivity contribution is -0.137. The Balaban J connectivity index is 2.22. The van der Waals surface area contributed by atoms with Gasteiger partial charge in [-0.05, 0) is 67.3 Å². The third kappa shape index (κ3) is 7.37. The number of alkyl halides is 6. The second kappa shape index (κ2) is 10.2. The predicted molar refractivity (Wildman–Crippen MR) is 105 cm³/mol. The third-order valence-electron chi connectivity index (χ3n) is 4.67. The van der Waals surface area contributed by atoms with Gasteiger partial charge in [0.05, 0.1) is 16.2 Å². The summed E-state index contributed by atoms with van der Waals surface area (Å²) in [6, 6.07) is 2.97. The summed E-state index contributed by atoms with van der Waals surface area (Å²) in [5.41, 5.74) is -7.12. The Labute approximate surface area is 189 Å². The number of aryl methyl sites for hydroxylation is 1. The molecule has 2 aromatic rings. The molecule has 0 spiro atoms. The van der Waals surface area contributed by atoms with E-state index in [2.05, 4.69) is 0 Å². The summed E-state index contributed by atoms with van der Waals surface area (Å²) in [7, 11) is -10.2. The van der Waals surface area contributed by atoms with Crippen LogP contribution in [0.25, 0.3) is 0 Å². The SMILES string of the molecule is O=S(=O)(CCC(CCc1cc(F)ccc1F)NS(=O)(=O)C(F)(F)F)c1ccc(C(F)(F)F)cc1. The average Bonchev–Trinajstić information content (AvgIpc) is 2.71. The van der Waals surface area contributed by atoms with E-state index in [-0.39, 0.29) is 5.56 Å². The number of halogens is 8. The van der Waals surface area contributed by atoms with E-state index in [1.54, 1.807) is 0 Å². The van der Waals surface area contributed by atoms with Gasteiger partial charge in [-0.3, -0.25) is 0 Å². The maximum Gasteiger partial charge on any atom is 0.511 e.